The van der Waals surface area contributed by atoms with Gasteiger partial charge in [-0.3, -0.25) is 4.57 Å². The van der Waals surface area contributed by atoms with E-state index in [2.05, 4.69) is 40.4 Å². The van der Waals surface area contributed by atoms with Crippen LogP contribution >= 0.6 is 12.2 Å². The van der Waals surface area contributed by atoms with Crippen molar-refractivity contribution < 1.29 is 0 Å². The Labute approximate surface area is 114 Å². The van der Waals surface area contributed by atoms with Crippen LogP contribution in [0.4, 0.5) is 5.95 Å². The second-order valence-corrected chi connectivity index (χ2v) is 5.75. The maximum absolute atomic E-state index is 5.31. The molecule has 102 valence electrons. The molecule has 1 aliphatic rings. The normalized spacial score (nSPS) is 18.5. The number of aromatic nitrogens is 3. The molecule has 1 saturated heterocycles. The van der Waals surface area contributed by atoms with Gasteiger partial charge in [0.25, 0.3) is 0 Å². The molecular formula is C13H24N4S. The topological polar surface area (TPSA) is 36.9 Å². The summed E-state index contributed by atoms with van der Waals surface area (Å²) in [5.41, 5.74) is 0.477. The lowest BCUT2D eigenvalue weighted by atomic mass is 9.82. The summed E-state index contributed by atoms with van der Waals surface area (Å²) in [4.78, 5) is 2.40. The lowest BCUT2D eigenvalue weighted by Gasteiger charge is -2.26. The zero-order valence-corrected chi connectivity index (χ0v) is 12.5. The molecule has 0 spiro atoms. The van der Waals surface area contributed by atoms with Crippen molar-refractivity contribution in [1.82, 2.24) is 14.8 Å². The number of hydrogen-bond acceptors (Lipinski definition) is 3. The van der Waals surface area contributed by atoms with E-state index < -0.39 is 0 Å². The zero-order valence-electron chi connectivity index (χ0n) is 11.7. The van der Waals surface area contributed by atoms with E-state index in [4.69, 9.17) is 12.2 Å². The summed E-state index contributed by atoms with van der Waals surface area (Å²) in [6.07, 6.45) is 4.85. The molecule has 0 saturated carbocycles. The monoisotopic (exact) mass is 268 g/mol. The number of hydrogen-bond donors (Lipinski definition) is 1. The Bertz CT molecular complexity index is 444. The van der Waals surface area contributed by atoms with Gasteiger partial charge in [0.1, 0.15) is 0 Å². The largest absolute Gasteiger partial charge is 0.340 e. The number of rotatable bonds is 5. The van der Waals surface area contributed by atoms with Crippen LogP contribution in [0.15, 0.2) is 0 Å². The standard InChI is InChI=1S/C13H24N4S/c1-4-8-17-11(14-15-12(17)18)16-9-7-13(5-2,6-3)10-16/h4-10H2,1-3H3,(H,15,18). The maximum atomic E-state index is 5.31. The van der Waals surface area contributed by atoms with Gasteiger partial charge in [0.2, 0.25) is 5.95 Å². The Hall–Kier alpha value is -0.840. The summed E-state index contributed by atoms with van der Waals surface area (Å²) >= 11 is 5.31. The molecule has 0 amide bonds. The Morgan fingerprint density at radius 2 is 2.06 bits per heavy atom. The minimum atomic E-state index is 0.477. The molecule has 0 radical (unpaired) electrons. The van der Waals surface area contributed by atoms with Crippen LogP contribution in [0.25, 0.3) is 0 Å². The van der Waals surface area contributed by atoms with Crippen LogP contribution in [0.3, 0.4) is 0 Å². The van der Waals surface area contributed by atoms with Crippen molar-refractivity contribution in [2.45, 2.75) is 53.0 Å². The molecule has 18 heavy (non-hydrogen) atoms. The molecule has 0 bridgehead atoms. The molecule has 4 nitrogen and oxygen atoms in total. The first-order chi connectivity index (χ1) is 8.65. The van der Waals surface area contributed by atoms with E-state index in [9.17, 15) is 0 Å². The van der Waals surface area contributed by atoms with Gasteiger partial charge >= 0.3 is 0 Å². The van der Waals surface area contributed by atoms with E-state index in [0.29, 0.717) is 5.41 Å². The van der Waals surface area contributed by atoms with Gasteiger partial charge in [0, 0.05) is 19.6 Å². The predicted molar refractivity (Wildman–Crippen MR) is 77.5 cm³/mol. The highest BCUT2D eigenvalue weighted by Gasteiger charge is 2.36. The summed E-state index contributed by atoms with van der Waals surface area (Å²) in [6.45, 7) is 9.94. The van der Waals surface area contributed by atoms with Crippen molar-refractivity contribution in [2.75, 3.05) is 18.0 Å². The molecule has 1 aliphatic heterocycles. The van der Waals surface area contributed by atoms with Crippen LogP contribution in [0.1, 0.15) is 46.5 Å². The van der Waals surface area contributed by atoms with Gasteiger partial charge in [-0.2, -0.15) is 0 Å². The molecule has 1 aromatic rings. The van der Waals surface area contributed by atoms with E-state index in [-0.39, 0.29) is 0 Å². The van der Waals surface area contributed by atoms with Crippen LogP contribution in [0, 0.1) is 10.2 Å². The number of nitrogens with zero attached hydrogens (tertiary/aromatic N) is 3. The third kappa shape index (κ3) is 2.32. The van der Waals surface area contributed by atoms with E-state index >= 15 is 0 Å². The third-order valence-electron chi connectivity index (χ3n) is 4.41. The smallest absolute Gasteiger partial charge is 0.225 e. The second-order valence-electron chi connectivity index (χ2n) is 5.36. The number of H-pyrrole nitrogens is 1. The maximum Gasteiger partial charge on any atom is 0.225 e. The van der Waals surface area contributed by atoms with Gasteiger partial charge in [0.15, 0.2) is 4.77 Å². The molecule has 5 heteroatoms. The first kappa shape index (κ1) is 13.6. The quantitative estimate of drug-likeness (QED) is 0.832. The third-order valence-corrected chi connectivity index (χ3v) is 4.72. The molecular weight excluding hydrogens is 244 g/mol. The Morgan fingerprint density at radius 3 is 2.61 bits per heavy atom. The first-order valence-electron chi connectivity index (χ1n) is 7.06. The predicted octanol–water partition coefficient (Wildman–Crippen LogP) is 3.37. The van der Waals surface area contributed by atoms with E-state index in [1.807, 2.05) is 0 Å². The van der Waals surface area contributed by atoms with Crippen LogP contribution in [-0.4, -0.2) is 27.9 Å². The molecule has 2 heterocycles. The zero-order chi connectivity index (χ0) is 13.2. The molecule has 1 fully saturated rings. The highest BCUT2D eigenvalue weighted by molar-refractivity contribution is 7.71. The van der Waals surface area contributed by atoms with Gasteiger partial charge in [-0.1, -0.05) is 20.8 Å². The van der Waals surface area contributed by atoms with Crippen molar-refractivity contribution in [3.63, 3.8) is 0 Å². The summed E-state index contributed by atoms with van der Waals surface area (Å²) < 4.78 is 2.88. The average molecular weight is 268 g/mol. The van der Waals surface area contributed by atoms with Gasteiger partial charge in [0.05, 0.1) is 0 Å². The molecule has 2 rings (SSSR count). The SMILES string of the molecule is CCCn1c(N2CCC(CC)(CC)C2)n[nH]c1=S. The molecule has 0 aromatic carbocycles. The van der Waals surface area contributed by atoms with E-state index in [1.165, 1.54) is 19.3 Å². The fourth-order valence-electron chi connectivity index (χ4n) is 2.91. The molecule has 1 aromatic heterocycles. The molecule has 0 atom stereocenters. The number of nitrogens with one attached hydrogen (secondary N) is 1. The van der Waals surface area contributed by atoms with Gasteiger partial charge in [-0.15, -0.1) is 5.10 Å². The van der Waals surface area contributed by atoms with Crippen molar-refractivity contribution in [3.05, 3.63) is 4.77 Å². The van der Waals surface area contributed by atoms with Gasteiger partial charge in [-0.25, -0.2) is 5.10 Å². The summed E-state index contributed by atoms with van der Waals surface area (Å²) in [7, 11) is 0. The lowest BCUT2D eigenvalue weighted by Crippen LogP contribution is -2.28. The van der Waals surface area contributed by atoms with Crippen molar-refractivity contribution in [3.8, 4) is 0 Å². The van der Waals surface area contributed by atoms with Crippen LogP contribution in [0.5, 0.6) is 0 Å². The lowest BCUT2D eigenvalue weighted by molar-refractivity contribution is 0.301. The van der Waals surface area contributed by atoms with Crippen LogP contribution in [-0.2, 0) is 6.54 Å². The summed E-state index contributed by atoms with van der Waals surface area (Å²) in [6, 6.07) is 0. The van der Waals surface area contributed by atoms with Crippen molar-refractivity contribution in [1.29, 1.82) is 0 Å². The van der Waals surface area contributed by atoms with E-state index in [0.717, 1.165) is 36.8 Å². The van der Waals surface area contributed by atoms with Gasteiger partial charge in [-0.05, 0) is 43.3 Å². The number of anilines is 1. The second kappa shape index (κ2) is 5.43. The minimum Gasteiger partial charge on any atom is -0.340 e. The molecule has 0 unspecified atom stereocenters. The Kier molecular flexibility index (Phi) is 4.10. The highest BCUT2D eigenvalue weighted by Crippen LogP contribution is 2.38. The summed E-state index contributed by atoms with van der Waals surface area (Å²) in [5, 5.41) is 7.36. The Balaban J connectivity index is 2.21. The van der Waals surface area contributed by atoms with E-state index in [1.54, 1.807) is 0 Å². The number of aromatic amines is 1. The van der Waals surface area contributed by atoms with Crippen LogP contribution < -0.4 is 4.90 Å². The van der Waals surface area contributed by atoms with Crippen molar-refractivity contribution >= 4 is 18.2 Å². The molecule has 1 N–H and O–H groups in total. The van der Waals surface area contributed by atoms with Crippen LogP contribution in [0.2, 0.25) is 0 Å². The minimum absolute atomic E-state index is 0.477. The Morgan fingerprint density at radius 1 is 1.33 bits per heavy atom. The first-order valence-corrected chi connectivity index (χ1v) is 7.46. The average Bonchev–Trinajstić information content (AvgIpc) is 2.96. The fourth-order valence-corrected chi connectivity index (χ4v) is 3.13. The van der Waals surface area contributed by atoms with Crippen molar-refractivity contribution in [2.24, 2.45) is 5.41 Å². The highest BCUT2D eigenvalue weighted by atomic mass is 32.1. The van der Waals surface area contributed by atoms with Gasteiger partial charge < -0.3 is 4.90 Å². The summed E-state index contributed by atoms with van der Waals surface area (Å²) in [5.74, 6) is 1.03. The molecule has 0 aliphatic carbocycles. The fraction of sp³-hybridized carbons (Fsp3) is 0.846.